The lowest BCUT2D eigenvalue weighted by molar-refractivity contribution is -0.147. The highest BCUT2D eigenvalue weighted by Gasteiger charge is 2.39. The normalized spacial score (nSPS) is 17.3. The van der Waals surface area contributed by atoms with Gasteiger partial charge in [-0.15, -0.1) is 0 Å². The van der Waals surface area contributed by atoms with Crippen LogP contribution in [0.2, 0.25) is 0 Å². The molecule has 1 heterocycles. The Kier molecular flexibility index (Phi) is 4.71. The van der Waals surface area contributed by atoms with E-state index in [1.165, 1.54) is 28.5 Å². The molecule has 0 bridgehead atoms. The van der Waals surface area contributed by atoms with Crippen LogP contribution >= 0.6 is 0 Å². The molecule has 124 valence electrons. The maximum absolute atomic E-state index is 12.6. The minimum Gasteiger partial charge on any atom is -0.368 e. The molecule has 3 rings (SSSR count). The average molecular weight is 314 g/mol. The maximum atomic E-state index is 12.6. The van der Waals surface area contributed by atoms with E-state index in [0.717, 1.165) is 32.1 Å². The molecule has 0 aliphatic heterocycles. The van der Waals surface area contributed by atoms with Crippen LogP contribution < -0.4 is 5.32 Å². The number of rotatable bonds is 5. The van der Waals surface area contributed by atoms with E-state index in [0.29, 0.717) is 6.54 Å². The summed E-state index contributed by atoms with van der Waals surface area (Å²) in [5.41, 5.74) is 3.08. The number of carbonyl (C=O) groups is 1. The molecule has 0 saturated heterocycles. The van der Waals surface area contributed by atoms with E-state index >= 15 is 0 Å². The summed E-state index contributed by atoms with van der Waals surface area (Å²) in [4.78, 5) is 15.9. The van der Waals surface area contributed by atoms with Crippen molar-refractivity contribution in [2.24, 2.45) is 0 Å². The van der Waals surface area contributed by atoms with Crippen LogP contribution in [0, 0.1) is 6.92 Å². The number of amides is 1. The molecule has 1 amide bonds. The predicted molar refractivity (Wildman–Crippen MR) is 92.6 cm³/mol. The summed E-state index contributed by atoms with van der Waals surface area (Å²) in [7, 11) is 1.66. The molecule has 1 saturated carbocycles. The van der Waals surface area contributed by atoms with Gasteiger partial charge in [-0.1, -0.05) is 37.5 Å². The Hall–Kier alpha value is -1.81. The standard InChI is InChI=1S/C19H26N2O2/c1-14-7-6-8-16-15(13-21-17(14)16)9-12-20-18(22)19(23-2)10-4-3-5-11-19/h6-8,13,21H,3-5,9-12H2,1-2H3,(H,20,22). The van der Waals surface area contributed by atoms with Crippen LogP contribution in [0.1, 0.15) is 43.2 Å². The fourth-order valence-corrected chi connectivity index (χ4v) is 3.69. The van der Waals surface area contributed by atoms with Gasteiger partial charge < -0.3 is 15.0 Å². The number of H-pyrrole nitrogens is 1. The zero-order chi connectivity index (χ0) is 16.3. The topological polar surface area (TPSA) is 54.1 Å². The van der Waals surface area contributed by atoms with Crippen molar-refractivity contribution < 1.29 is 9.53 Å². The molecule has 0 spiro atoms. The molecule has 1 aromatic heterocycles. The first-order chi connectivity index (χ1) is 11.2. The van der Waals surface area contributed by atoms with Gasteiger partial charge in [0, 0.05) is 30.8 Å². The number of aromatic amines is 1. The van der Waals surface area contributed by atoms with Gasteiger partial charge in [-0.05, 0) is 37.3 Å². The zero-order valence-corrected chi connectivity index (χ0v) is 14.1. The Bertz CT molecular complexity index is 684. The Morgan fingerprint density at radius 1 is 1.30 bits per heavy atom. The lowest BCUT2D eigenvalue weighted by Gasteiger charge is -2.34. The third-order valence-electron chi connectivity index (χ3n) is 5.16. The third kappa shape index (κ3) is 3.13. The minimum absolute atomic E-state index is 0.0516. The number of para-hydroxylation sites is 1. The summed E-state index contributed by atoms with van der Waals surface area (Å²) in [6.07, 6.45) is 7.90. The maximum Gasteiger partial charge on any atom is 0.252 e. The number of hydrogen-bond donors (Lipinski definition) is 2. The first kappa shape index (κ1) is 16.1. The van der Waals surface area contributed by atoms with Crippen molar-refractivity contribution in [3.05, 3.63) is 35.5 Å². The quantitative estimate of drug-likeness (QED) is 0.887. The Labute approximate surface area is 137 Å². The highest BCUT2D eigenvalue weighted by Crippen LogP contribution is 2.31. The van der Waals surface area contributed by atoms with Crippen LogP contribution in [0.3, 0.4) is 0 Å². The number of carbonyl (C=O) groups excluding carboxylic acids is 1. The number of fused-ring (bicyclic) bond motifs is 1. The molecule has 1 aliphatic rings. The van der Waals surface area contributed by atoms with E-state index < -0.39 is 5.60 Å². The van der Waals surface area contributed by atoms with Gasteiger partial charge in [0.25, 0.3) is 5.91 Å². The zero-order valence-electron chi connectivity index (χ0n) is 14.1. The van der Waals surface area contributed by atoms with E-state index in [1.807, 2.05) is 0 Å². The smallest absolute Gasteiger partial charge is 0.252 e. The molecule has 2 aromatic rings. The fourth-order valence-electron chi connectivity index (χ4n) is 3.69. The Morgan fingerprint density at radius 2 is 2.09 bits per heavy atom. The second-order valence-corrected chi connectivity index (χ2v) is 6.58. The number of aromatic nitrogens is 1. The monoisotopic (exact) mass is 314 g/mol. The number of methoxy groups -OCH3 is 1. The Morgan fingerprint density at radius 3 is 2.83 bits per heavy atom. The van der Waals surface area contributed by atoms with Gasteiger partial charge in [0.05, 0.1) is 0 Å². The van der Waals surface area contributed by atoms with Crippen molar-refractivity contribution in [2.45, 2.75) is 51.0 Å². The summed E-state index contributed by atoms with van der Waals surface area (Å²) in [5.74, 6) is 0.0516. The first-order valence-electron chi connectivity index (χ1n) is 8.55. The molecular weight excluding hydrogens is 288 g/mol. The van der Waals surface area contributed by atoms with Crippen LogP contribution in [0.4, 0.5) is 0 Å². The Balaban J connectivity index is 1.62. The van der Waals surface area contributed by atoms with Gasteiger partial charge in [0.2, 0.25) is 0 Å². The van der Waals surface area contributed by atoms with Crippen LogP contribution in [0.5, 0.6) is 0 Å². The van der Waals surface area contributed by atoms with E-state index in [-0.39, 0.29) is 5.91 Å². The molecule has 1 aliphatic carbocycles. The van der Waals surface area contributed by atoms with Gasteiger partial charge in [-0.3, -0.25) is 4.79 Å². The average Bonchev–Trinajstić information content (AvgIpc) is 3.00. The van der Waals surface area contributed by atoms with Gasteiger partial charge in [0.1, 0.15) is 5.60 Å². The van der Waals surface area contributed by atoms with Crippen LogP contribution in [0.15, 0.2) is 24.4 Å². The van der Waals surface area contributed by atoms with Crippen molar-refractivity contribution in [3.8, 4) is 0 Å². The van der Waals surface area contributed by atoms with Crippen molar-refractivity contribution in [1.82, 2.24) is 10.3 Å². The molecular formula is C19H26N2O2. The third-order valence-corrected chi connectivity index (χ3v) is 5.16. The molecule has 1 fully saturated rings. The summed E-state index contributed by atoms with van der Waals surface area (Å²) in [6, 6.07) is 6.32. The summed E-state index contributed by atoms with van der Waals surface area (Å²) < 4.78 is 5.60. The largest absolute Gasteiger partial charge is 0.368 e. The van der Waals surface area contributed by atoms with Crippen molar-refractivity contribution in [3.63, 3.8) is 0 Å². The lowest BCUT2D eigenvalue weighted by atomic mass is 9.84. The van der Waals surface area contributed by atoms with Gasteiger partial charge >= 0.3 is 0 Å². The number of nitrogens with one attached hydrogen (secondary N) is 2. The minimum atomic E-state index is -0.602. The predicted octanol–water partition coefficient (Wildman–Crippen LogP) is 3.48. The highest BCUT2D eigenvalue weighted by atomic mass is 16.5. The first-order valence-corrected chi connectivity index (χ1v) is 8.55. The number of aryl methyl sites for hydroxylation is 1. The van der Waals surface area contributed by atoms with Crippen LogP contribution in [-0.4, -0.2) is 30.1 Å². The second kappa shape index (κ2) is 6.75. The van der Waals surface area contributed by atoms with Crippen LogP contribution in [-0.2, 0) is 16.0 Å². The number of hydrogen-bond acceptors (Lipinski definition) is 2. The molecule has 2 N–H and O–H groups in total. The van der Waals surface area contributed by atoms with Gasteiger partial charge in [-0.2, -0.15) is 0 Å². The number of ether oxygens (including phenoxy) is 1. The lowest BCUT2D eigenvalue weighted by Crippen LogP contribution is -2.50. The van der Waals surface area contributed by atoms with Gasteiger partial charge in [-0.25, -0.2) is 0 Å². The molecule has 0 unspecified atom stereocenters. The van der Waals surface area contributed by atoms with Crippen molar-refractivity contribution in [2.75, 3.05) is 13.7 Å². The second-order valence-electron chi connectivity index (χ2n) is 6.58. The summed E-state index contributed by atoms with van der Waals surface area (Å²) >= 11 is 0. The van der Waals surface area contributed by atoms with Crippen molar-refractivity contribution >= 4 is 16.8 Å². The molecule has 1 aromatic carbocycles. The van der Waals surface area contributed by atoms with Crippen LogP contribution in [0.25, 0.3) is 10.9 Å². The van der Waals surface area contributed by atoms with E-state index in [1.54, 1.807) is 7.11 Å². The molecule has 4 nitrogen and oxygen atoms in total. The fraction of sp³-hybridized carbons (Fsp3) is 0.526. The highest BCUT2D eigenvalue weighted by molar-refractivity contribution is 5.87. The molecule has 23 heavy (non-hydrogen) atoms. The van der Waals surface area contributed by atoms with E-state index in [9.17, 15) is 4.79 Å². The van der Waals surface area contributed by atoms with E-state index in [4.69, 9.17) is 4.74 Å². The molecule has 0 atom stereocenters. The summed E-state index contributed by atoms with van der Waals surface area (Å²) in [5, 5.41) is 4.33. The number of benzene rings is 1. The molecule has 0 radical (unpaired) electrons. The van der Waals surface area contributed by atoms with Gasteiger partial charge in [0.15, 0.2) is 0 Å². The SMILES string of the molecule is COC1(C(=O)NCCc2c[nH]c3c(C)cccc23)CCCCC1. The van der Waals surface area contributed by atoms with E-state index in [2.05, 4.69) is 41.6 Å². The molecule has 4 heteroatoms. The summed E-state index contributed by atoms with van der Waals surface area (Å²) in [6.45, 7) is 2.75. The van der Waals surface area contributed by atoms with Crippen molar-refractivity contribution in [1.29, 1.82) is 0 Å².